The first kappa shape index (κ1) is 19.7. The van der Waals surface area contributed by atoms with Crippen LogP contribution in [0.5, 0.6) is 5.75 Å². The van der Waals surface area contributed by atoms with Crippen molar-refractivity contribution < 1.29 is 9.53 Å². The Morgan fingerprint density at radius 1 is 1.19 bits per heavy atom. The largest absolute Gasteiger partial charge is 0.497 e. The summed E-state index contributed by atoms with van der Waals surface area (Å²) in [5.74, 6) is 0.738. The lowest BCUT2D eigenvalue weighted by atomic mass is 10.1. The van der Waals surface area contributed by atoms with Gasteiger partial charge in [-0.3, -0.25) is 4.79 Å². The quantitative estimate of drug-likeness (QED) is 0.583. The van der Waals surface area contributed by atoms with E-state index in [0.717, 1.165) is 27.6 Å². The summed E-state index contributed by atoms with van der Waals surface area (Å²) in [5.41, 5.74) is 2.72. The Hall–Kier alpha value is -2.08. The van der Waals surface area contributed by atoms with Crippen LogP contribution in [0.3, 0.4) is 0 Å². The number of methoxy groups -OCH3 is 1. The number of hydrogen-bond acceptors (Lipinski definition) is 4. The summed E-state index contributed by atoms with van der Waals surface area (Å²) >= 11 is 13.5. The molecule has 2 aromatic carbocycles. The molecular weight excluding hydrogens is 403 g/mol. The lowest BCUT2D eigenvalue weighted by molar-refractivity contribution is -0.120. The van der Waals surface area contributed by atoms with Gasteiger partial charge in [0.2, 0.25) is 5.91 Å². The Kier molecular flexibility index (Phi) is 6.72. The first-order valence-electron chi connectivity index (χ1n) is 8.34. The second-order valence-electron chi connectivity index (χ2n) is 5.88. The van der Waals surface area contributed by atoms with Gasteiger partial charge in [0.15, 0.2) is 0 Å². The number of carbonyl (C=O) groups excluding carboxylic acids is 1. The molecule has 0 aliphatic rings. The van der Waals surface area contributed by atoms with Crippen molar-refractivity contribution in [1.82, 2.24) is 10.3 Å². The summed E-state index contributed by atoms with van der Waals surface area (Å²) in [6, 6.07) is 13.1. The van der Waals surface area contributed by atoms with Crippen LogP contribution in [-0.4, -0.2) is 24.5 Å². The molecule has 0 aliphatic heterocycles. The standard InChI is InChI=1S/C20H18Cl2N2O2S/c1-26-17-6-3-14(4-7-17)20-24-16(12-27-20)11-19(25)23-9-8-13-2-5-15(21)10-18(13)22/h2-7,10,12H,8-9,11H2,1H3,(H,23,25). The Morgan fingerprint density at radius 2 is 1.96 bits per heavy atom. The molecule has 0 aliphatic carbocycles. The first-order valence-corrected chi connectivity index (χ1v) is 9.98. The van der Waals surface area contributed by atoms with E-state index < -0.39 is 0 Å². The van der Waals surface area contributed by atoms with Crippen LogP contribution in [0, 0.1) is 0 Å². The van der Waals surface area contributed by atoms with E-state index in [1.54, 1.807) is 19.2 Å². The van der Waals surface area contributed by atoms with Crippen LogP contribution in [0.1, 0.15) is 11.3 Å². The van der Waals surface area contributed by atoms with Crippen LogP contribution in [0.4, 0.5) is 0 Å². The van der Waals surface area contributed by atoms with E-state index in [-0.39, 0.29) is 12.3 Å². The van der Waals surface area contributed by atoms with Crippen LogP contribution < -0.4 is 10.1 Å². The molecule has 0 unspecified atom stereocenters. The fourth-order valence-electron chi connectivity index (χ4n) is 2.54. The second kappa shape index (κ2) is 9.22. The minimum absolute atomic E-state index is 0.0633. The number of aromatic nitrogens is 1. The number of benzene rings is 2. The van der Waals surface area contributed by atoms with E-state index in [2.05, 4.69) is 10.3 Å². The number of nitrogens with one attached hydrogen (secondary N) is 1. The van der Waals surface area contributed by atoms with Gasteiger partial charge in [0.25, 0.3) is 0 Å². The van der Waals surface area contributed by atoms with Gasteiger partial charge in [0, 0.05) is 27.5 Å². The van der Waals surface area contributed by atoms with Gasteiger partial charge in [-0.25, -0.2) is 4.98 Å². The SMILES string of the molecule is COc1ccc(-c2nc(CC(=O)NCCc3ccc(Cl)cc3Cl)cs2)cc1. The number of hydrogen-bond donors (Lipinski definition) is 1. The van der Waals surface area contributed by atoms with Crippen LogP contribution >= 0.6 is 34.5 Å². The number of thiazole rings is 1. The van der Waals surface area contributed by atoms with Gasteiger partial charge in [0.05, 0.1) is 19.2 Å². The maximum Gasteiger partial charge on any atom is 0.226 e. The van der Waals surface area contributed by atoms with Crippen LogP contribution in [-0.2, 0) is 17.6 Å². The molecule has 0 atom stereocenters. The van der Waals surface area contributed by atoms with Crippen molar-refractivity contribution in [3.05, 3.63) is 69.1 Å². The predicted molar refractivity (Wildman–Crippen MR) is 111 cm³/mol. The maximum absolute atomic E-state index is 12.2. The normalized spacial score (nSPS) is 10.6. The molecular formula is C20H18Cl2N2O2S. The van der Waals surface area contributed by atoms with E-state index in [9.17, 15) is 4.79 Å². The third kappa shape index (κ3) is 5.45. The average molecular weight is 421 g/mol. The van der Waals surface area contributed by atoms with Crippen molar-refractivity contribution in [2.24, 2.45) is 0 Å². The highest BCUT2D eigenvalue weighted by molar-refractivity contribution is 7.13. The topological polar surface area (TPSA) is 51.2 Å². The lowest BCUT2D eigenvalue weighted by Crippen LogP contribution is -2.27. The molecule has 0 bridgehead atoms. The monoisotopic (exact) mass is 420 g/mol. The highest BCUT2D eigenvalue weighted by atomic mass is 35.5. The van der Waals surface area contributed by atoms with Gasteiger partial charge < -0.3 is 10.1 Å². The van der Waals surface area contributed by atoms with Crippen LogP contribution in [0.25, 0.3) is 10.6 Å². The Morgan fingerprint density at radius 3 is 2.67 bits per heavy atom. The van der Waals surface area contributed by atoms with E-state index in [0.29, 0.717) is 23.0 Å². The fourth-order valence-corrected chi connectivity index (χ4v) is 3.87. The van der Waals surface area contributed by atoms with Crippen molar-refractivity contribution in [3.63, 3.8) is 0 Å². The van der Waals surface area contributed by atoms with Crippen molar-refractivity contribution >= 4 is 40.4 Å². The van der Waals surface area contributed by atoms with E-state index in [4.69, 9.17) is 27.9 Å². The molecule has 0 saturated heterocycles. The summed E-state index contributed by atoms with van der Waals surface area (Å²) in [6.07, 6.45) is 0.900. The van der Waals surface area contributed by atoms with Crippen LogP contribution in [0.15, 0.2) is 47.8 Å². The molecule has 1 heterocycles. The molecule has 1 amide bonds. The Bertz CT molecular complexity index is 926. The number of rotatable bonds is 7. The smallest absolute Gasteiger partial charge is 0.226 e. The molecule has 1 aromatic heterocycles. The van der Waals surface area contributed by atoms with Gasteiger partial charge in [-0.15, -0.1) is 11.3 Å². The highest BCUT2D eigenvalue weighted by Crippen LogP contribution is 2.26. The molecule has 140 valence electrons. The summed E-state index contributed by atoms with van der Waals surface area (Å²) in [5, 5.41) is 6.91. The van der Waals surface area contributed by atoms with Gasteiger partial charge in [-0.1, -0.05) is 29.3 Å². The van der Waals surface area contributed by atoms with Crippen molar-refractivity contribution in [3.8, 4) is 16.3 Å². The molecule has 7 heteroatoms. The molecule has 3 rings (SSSR count). The Labute approximate surface area is 172 Å². The van der Waals surface area contributed by atoms with Crippen molar-refractivity contribution in [1.29, 1.82) is 0 Å². The van der Waals surface area contributed by atoms with E-state index >= 15 is 0 Å². The molecule has 0 spiro atoms. The molecule has 0 radical (unpaired) electrons. The average Bonchev–Trinajstić information content (AvgIpc) is 3.12. The van der Waals surface area contributed by atoms with Crippen LogP contribution in [0.2, 0.25) is 10.0 Å². The summed E-state index contributed by atoms with van der Waals surface area (Å²) in [7, 11) is 1.63. The molecule has 3 aromatic rings. The van der Waals surface area contributed by atoms with Crippen molar-refractivity contribution in [2.75, 3.05) is 13.7 Å². The van der Waals surface area contributed by atoms with E-state index in [1.165, 1.54) is 11.3 Å². The number of ether oxygens (including phenoxy) is 1. The van der Waals surface area contributed by atoms with E-state index in [1.807, 2.05) is 35.7 Å². The summed E-state index contributed by atoms with van der Waals surface area (Å²) in [4.78, 5) is 16.7. The first-order chi connectivity index (χ1) is 13.0. The zero-order valence-electron chi connectivity index (χ0n) is 14.7. The van der Waals surface area contributed by atoms with Gasteiger partial charge in [0.1, 0.15) is 10.8 Å². The Balaban J connectivity index is 1.51. The number of halogens is 2. The minimum atomic E-state index is -0.0633. The molecule has 0 saturated carbocycles. The zero-order chi connectivity index (χ0) is 19.2. The minimum Gasteiger partial charge on any atom is -0.497 e. The zero-order valence-corrected chi connectivity index (χ0v) is 17.0. The fraction of sp³-hybridized carbons (Fsp3) is 0.200. The molecule has 27 heavy (non-hydrogen) atoms. The maximum atomic E-state index is 12.2. The number of amides is 1. The molecule has 0 fully saturated rings. The third-order valence-corrected chi connectivity index (χ3v) is 5.49. The lowest BCUT2D eigenvalue weighted by Gasteiger charge is -2.06. The van der Waals surface area contributed by atoms with Gasteiger partial charge in [-0.2, -0.15) is 0 Å². The predicted octanol–water partition coefficient (Wildman–Crippen LogP) is 5.03. The second-order valence-corrected chi connectivity index (χ2v) is 7.59. The number of carbonyl (C=O) groups is 1. The number of nitrogens with zero attached hydrogens (tertiary/aromatic N) is 1. The summed E-state index contributed by atoms with van der Waals surface area (Å²) < 4.78 is 5.16. The molecule has 4 nitrogen and oxygen atoms in total. The van der Waals surface area contributed by atoms with Crippen molar-refractivity contribution in [2.45, 2.75) is 12.8 Å². The molecule has 1 N–H and O–H groups in total. The third-order valence-electron chi connectivity index (χ3n) is 3.96. The van der Waals surface area contributed by atoms with Gasteiger partial charge >= 0.3 is 0 Å². The highest BCUT2D eigenvalue weighted by Gasteiger charge is 2.10. The van der Waals surface area contributed by atoms with Gasteiger partial charge in [-0.05, 0) is 48.4 Å². The summed E-state index contributed by atoms with van der Waals surface area (Å²) in [6.45, 7) is 0.510.